The summed E-state index contributed by atoms with van der Waals surface area (Å²) in [5.41, 5.74) is 2.04. The summed E-state index contributed by atoms with van der Waals surface area (Å²) in [6.45, 7) is 0.247. The molecule has 30 heavy (non-hydrogen) atoms. The average molecular weight is 407 g/mol. The number of amides is 2. The van der Waals surface area contributed by atoms with Crippen molar-refractivity contribution >= 4 is 23.4 Å². The van der Waals surface area contributed by atoms with E-state index >= 15 is 0 Å². The van der Waals surface area contributed by atoms with Gasteiger partial charge in [0, 0.05) is 17.8 Å². The number of phenols is 1. The van der Waals surface area contributed by atoms with Crippen LogP contribution < -0.4 is 15.0 Å². The van der Waals surface area contributed by atoms with Gasteiger partial charge in [0.25, 0.3) is 5.91 Å². The number of rotatable bonds is 6. The molecule has 0 bridgehead atoms. The highest BCUT2D eigenvalue weighted by molar-refractivity contribution is 6.05. The zero-order valence-corrected chi connectivity index (χ0v) is 16.5. The summed E-state index contributed by atoms with van der Waals surface area (Å²) in [7, 11) is 2.81. The van der Waals surface area contributed by atoms with Crippen LogP contribution in [-0.4, -0.2) is 36.3 Å². The first-order valence-corrected chi connectivity index (χ1v) is 9.04. The number of aromatic nitrogens is 1. The van der Waals surface area contributed by atoms with Gasteiger partial charge in [-0.1, -0.05) is 12.1 Å². The predicted octanol–water partition coefficient (Wildman–Crippen LogP) is 3.82. The Morgan fingerprint density at radius 2 is 1.87 bits per heavy atom. The van der Waals surface area contributed by atoms with Crippen molar-refractivity contribution in [1.29, 1.82) is 0 Å². The predicted molar refractivity (Wildman–Crippen MR) is 112 cm³/mol. The van der Waals surface area contributed by atoms with Gasteiger partial charge in [-0.2, -0.15) is 0 Å². The number of hydrogen-bond acceptors (Lipinski definition) is 6. The summed E-state index contributed by atoms with van der Waals surface area (Å²) in [5, 5.41) is 12.6. The van der Waals surface area contributed by atoms with E-state index in [9.17, 15) is 14.7 Å². The lowest BCUT2D eigenvalue weighted by molar-refractivity contribution is 0.102. The van der Waals surface area contributed by atoms with Crippen LogP contribution in [0, 0.1) is 0 Å². The molecule has 2 amide bonds. The number of aromatic hydroxyl groups is 1. The maximum absolute atomic E-state index is 12.5. The number of carbonyl (C=O) groups excluding carboxylic acids is 2. The molecule has 0 saturated heterocycles. The summed E-state index contributed by atoms with van der Waals surface area (Å²) in [4.78, 5) is 30.1. The number of phenolic OH excluding ortho intramolecular Hbond substituents is 1. The minimum atomic E-state index is -0.515. The maximum atomic E-state index is 12.5. The number of methoxy groups -OCH3 is 2. The Morgan fingerprint density at radius 3 is 2.50 bits per heavy atom. The lowest BCUT2D eigenvalue weighted by Gasteiger charge is -2.21. The molecule has 1 aromatic heterocycles. The standard InChI is InChI=1S/C22H21N3O5/c1-29-18-9-10-20(26)19(12-18)24-21(27)16-7-5-15(6-8-16)14-25(22(28)30-2)17-4-3-11-23-13-17/h3-13,26H,14H2,1-2H3,(H,24,27). The van der Waals surface area contributed by atoms with E-state index < -0.39 is 6.09 Å². The van der Waals surface area contributed by atoms with E-state index in [0.717, 1.165) is 5.56 Å². The molecule has 2 N–H and O–H groups in total. The minimum Gasteiger partial charge on any atom is -0.506 e. The third kappa shape index (κ3) is 4.85. The first-order valence-electron chi connectivity index (χ1n) is 9.04. The van der Waals surface area contributed by atoms with Gasteiger partial charge in [0.15, 0.2) is 0 Å². The van der Waals surface area contributed by atoms with E-state index in [1.54, 1.807) is 54.9 Å². The van der Waals surface area contributed by atoms with Gasteiger partial charge in [0.1, 0.15) is 11.5 Å². The van der Waals surface area contributed by atoms with E-state index in [4.69, 9.17) is 9.47 Å². The van der Waals surface area contributed by atoms with Gasteiger partial charge in [0.05, 0.1) is 38.3 Å². The Kier molecular flexibility index (Phi) is 6.49. The van der Waals surface area contributed by atoms with Crippen molar-refractivity contribution in [3.63, 3.8) is 0 Å². The van der Waals surface area contributed by atoms with E-state index in [2.05, 4.69) is 10.3 Å². The Labute approximate surface area is 173 Å². The molecule has 0 aliphatic heterocycles. The minimum absolute atomic E-state index is 0.0639. The van der Waals surface area contributed by atoms with Crippen molar-refractivity contribution in [2.75, 3.05) is 24.4 Å². The fourth-order valence-corrected chi connectivity index (χ4v) is 2.77. The first-order chi connectivity index (χ1) is 14.5. The molecule has 154 valence electrons. The monoisotopic (exact) mass is 407 g/mol. The molecule has 0 radical (unpaired) electrons. The number of nitrogens with one attached hydrogen (secondary N) is 1. The van der Waals surface area contributed by atoms with E-state index in [1.165, 1.54) is 31.3 Å². The first kappa shape index (κ1) is 20.7. The van der Waals surface area contributed by atoms with Crippen LogP contribution in [0.2, 0.25) is 0 Å². The second kappa shape index (κ2) is 9.42. The van der Waals surface area contributed by atoms with Gasteiger partial charge in [0.2, 0.25) is 0 Å². The van der Waals surface area contributed by atoms with Crippen LogP contribution in [0.25, 0.3) is 0 Å². The molecule has 0 fully saturated rings. The van der Waals surface area contributed by atoms with Crippen LogP contribution in [0.1, 0.15) is 15.9 Å². The number of benzene rings is 2. The van der Waals surface area contributed by atoms with Crippen LogP contribution in [0.5, 0.6) is 11.5 Å². The van der Waals surface area contributed by atoms with Crippen LogP contribution in [0.15, 0.2) is 67.0 Å². The number of carbonyl (C=O) groups is 2. The number of anilines is 2. The maximum Gasteiger partial charge on any atom is 0.414 e. The van der Waals surface area contributed by atoms with Gasteiger partial charge in [-0.3, -0.25) is 14.7 Å². The lowest BCUT2D eigenvalue weighted by atomic mass is 10.1. The van der Waals surface area contributed by atoms with E-state index in [0.29, 0.717) is 17.0 Å². The van der Waals surface area contributed by atoms with Crippen LogP contribution in [0.4, 0.5) is 16.2 Å². The molecule has 8 nitrogen and oxygen atoms in total. The van der Waals surface area contributed by atoms with Crippen molar-refractivity contribution in [3.05, 3.63) is 78.1 Å². The molecular weight excluding hydrogens is 386 g/mol. The van der Waals surface area contributed by atoms with Gasteiger partial charge < -0.3 is 19.9 Å². The van der Waals surface area contributed by atoms with Crippen molar-refractivity contribution in [2.24, 2.45) is 0 Å². The second-order valence-electron chi connectivity index (χ2n) is 6.30. The molecule has 0 aliphatic carbocycles. The molecule has 0 unspecified atom stereocenters. The van der Waals surface area contributed by atoms with Crippen molar-refractivity contribution < 1.29 is 24.2 Å². The number of pyridine rings is 1. The van der Waals surface area contributed by atoms with E-state index in [-0.39, 0.29) is 23.9 Å². The van der Waals surface area contributed by atoms with E-state index in [1.807, 2.05) is 0 Å². The smallest absolute Gasteiger partial charge is 0.414 e. The zero-order chi connectivity index (χ0) is 21.5. The summed E-state index contributed by atoms with van der Waals surface area (Å²) < 4.78 is 9.96. The van der Waals surface area contributed by atoms with Crippen LogP contribution in [-0.2, 0) is 11.3 Å². The van der Waals surface area contributed by atoms with Crippen molar-refractivity contribution in [1.82, 2.24) is 4.98 Å². The van der Waals surface area contributed by atoms with Crippen LogP contribution in [0.3, 0.4) is 0 Å². The fourth-order valence-electron chi connectivity index (χ4n) is 2.77. The third-order valence-electron chi connectivity index (χ3n) is 4.36. The van der Waals surface area contributed by atoms with Crippen molar-refractivity contribution in [2.45, 2.75) is 6.54 Å². The van der Waals surface area contributed by atoms with Gasteiger partial charge in [-0.15, -0.1) is 0 Å². The Bertz CT molecular complexity index is 1020. The Hall–Kier alpha value is -4.07. The van der Waals surface area contributed by atoms with Gasteiger partial charge in [-0.25, -0.2) is 4.79 Å². The molecule has 0 aliphatic rings. The SMILES string of the molecule is COC(=O)N(Cc1ccc(C(=O)Nc2cc(OC)ccc2O)cc1)c1cccnc1. The normalized spacial score (nSPS) is 10.2. The highest BCUT2D eigenvalue weighted by Gasteiger charge is 2.17. The fraction of sp³-hybridized carbons (Fsp3) is 0.136. The highest BCUT2D eigenvalue weighted by atomic mass is 16.5. The highest BCUT2D eigenvalue weighted by Crippen LogP contribution is 2.28. The number of nitrogens with zero attached hydrogens (tertiary/aromatic N) is 2. The molecule has 3 aromatic rings. The summed E-state index contributed by atoms with van der Waals surface area (Å²) >= 11 is 0. The van der Waals surface area contributed by atoms with Crippen LogP contribution >= 0.6 is 0 Å². The Balaban J connectivity index is 1.74. The molecule has 1 heterocycles. The van der Waals surface area contributed by atoms with Gasteiger partial charge in [-0.05, 0) is 42.0 Å². The lowest BCUT2D eigenvalue weighted by Crippen LogP contribution is -2.30. The molecule has 2 aromatic carbocycles. The summed E-state index contributed by atoms with van der Waals surface area (Å²) in [5.74, 6) is 0.0601. The topological polar surface area (TPSA) is 101 Å². The number of ether oxygens (including phenoxy) is 2. The molecule has 0 atom stereocenters. The molecular formula is C22H21N3O5. The molecule has 8 heteroatoms. The summed E-state index contributed by atoms with van der Waals surface area (Å²) in [6, 6.07) is 14.8. The van der Waals surface area contributed by atoms with Gasteiger partial charge >= 0.3 is 6.09 Å². The molecule has 3 rings (SSSR count). The zero-order valence-electron chi connectivity index (χ0n) is 16.5. The molecule has 0 spiro atoms. The summed E-state index contributed by atoms with van der Waals surface area (Å²) in [6.07, 6.45) is 2.67. The number of hydrogen-bond donors (Lipinski definition) is 2. The largest absolute Gasteiger partial charge is 0.506 e. The average Bonchev–Trinajstić information content (AvgIpc) is 2.79. The Morgan fingerprint density at radius 1 is 1.10 bits per heavy atom. The molecule has 0 saturated carbocycles. The second-order valence-corrected chi connectivity index (χ2v) is 6.30. The van der Waals surface area contributed by atoms with Crippen molar-refractivity contribution in [3.8, 4) is 11.5 Å². The third-order valence-corrected chi connectivity index (χ3v) is 4.36. The quantitative estimate of drug-likeness (QED) is 0.603.